The number of phenols is 1. The number of rotatable bonds is 3. The van der Waals surface area contributed by atoms with Crippen LogP contribution in [0.3, 0.4) is 0 Å². The number of aromatic nitrogens is 2. The van der Waals surface area contributed by atoms with E-state index in [1.54, 1.807) is 4.90 Å². The van der Waals surface area contributed by atoms with Crippen LogP contribution in [0.5, 0.6) is 5.75 Å². The van der Waals surface area contributed by atoms with E-state index in [0.29, 0.717) is 16.5 Å². The Bertz CT molecular complexity index is 1110. The Labute approximate surface area is 167 Å². The molecule has 2 heterocycles. The number of amides is 1. The summed E-state index contributed by atoms with van der Waals surface area (Å²) in [4.78, 5) is 30.9. The number of benzene rings is 2. The van der Waals surface area contributed by atoms with E-state index in [9.17, 15) is 14.7 Å². The molecule has 0 fully saturated rings. The molecule has 3 aromatic rings. The summed E-state index contributed by atoms with van der Waals surface area (Å²) >= 11 is 8.13. The minimum absolute atomic E-state index is 0.0122. The summed E-state index contributed by atoms with van der Waals surface area (Å²) < 4.78 is 1.94. The zero-order chi connectivity index (χ0) is 18.4. The summed E-state index contributed by atoms with van der Waals surface area (Å²) in [5.41, 5.74) is 1.71. The smallest absolute Gasteiger partial charge is 0.262 e. The van der Waals surface area contributed by atoms with Crippen LogP contribution in [-0.4, -0.2) is 27.1 Å². The van der Waals surface area contributed by atoms with Crippen LogP contribution in [-0.2, 0) is 17.8 Å². The summed E-state index contributed by atoms with van der Waals surface area (Å²) in [5.74, 6) is -0.0453. The number of anilines is 1. The van der Waals surface area contributed by atoms with Gasteiger partial charge in [0.05, 0.1) is 26.7 Å². The van der Waals surface area contributed by atoms with E-state index >= 15 is 0 Å². The molecule has 0 radical (unpaired) electrons. The monoisotopic (exact) mass is 481 g/mol. The second-order valence-electron chi connectivity index (χ2n) is 6.01. The SMILES string of the molecule is O=C1Cc2ccccc2N1CCn1cnc2c(O)c(I)cc(Cl)c2c1=O. The number of carbonyl (C=O) groups is 1. The zero-order valence-corrected chi connectivity index (χ0v) is 16.4. The molecule has 1 aliphatic rings. The molecule has 0 unspecified atom stereocenters. The van der Waals surface area contributed by atoms with Crippen LogP contribution in [0, 0.1) is 3.57 Å². The Hall–Kier alpha value is -2.13. The normalized spacial score (nSPS) is 13.5. The van der Waals surface area contributed by atoms with Crippen LogP contribution in [0.4, 0.5) is 5.69 Å². The molecule has 4 rings (SSSR count). The number of carbonyl (C=O) groups excluding carboxylic acids is 1. The molecule has 0 saturated heterocycles. The van der Waals surface area contributed by atoms with Gasteiger partial charge in [0, 0.05) is 18.8 Å². The molecule has 1 aliphatic heterocycles. The van der Waals surface area contributed by atoms with Crippen molar-refractivity contribution in [2.24, 2.45) is 0 Å². The number of halogens is 2. The third kappa shape index (κ3) is 2.75. The minimum atomic E-state index is -0.341. The number of hydrogen-bond acceptors (Lipinski definition) is 4. The number of fused-ring (bicyclic) bond motifs is 2. The molecular formula is C18H13ClIN3O3. The summed E-state index contributed by atoms with van der Waals surface area (Å²) in [5, 5.41) is 10.5. The number of hydrogen-bond donors (Lipinski definition) is 1. The van der Waals surface area contributed by atoms with E-state index < -0.39 is 0 Å². The summed E-state index contributed by atoms with van der Waals surface area (Å²) in [7, 11) is 0. The maximum atomic E-state index is 12.8. The first-order valence-electron chi connectivity index (χ1n) is 7.91. The van der Waals surface area contributed by atoms with E-state index in [-0.39, 0.29) is 39.7 Å². The first-order valence-corrected chi connectivity index (χ1v) is 9.37. The maximum absolute atomic E-state index is 12.8. The van der Waals surface area contributed by atoms with Gasteiger partial charge in [0.2, 0.25) is 5.91 Å². The van der Waals surface area contributed by atoms with Crippen molar-refractivity contribution < 1.29 is 9.90 Å². The lowest BCUT2D eigenvalue weighted by Crippen LogP contribution is -2.33. The fourth-order valence-electron chi connectivity index (χ4n) is 3.18. The first kappa shape index (κ1) is 17.3. The third-order valence-corrected chi connectivity index (χ3v) is 5.59. The summed E-state index contributed by atoms with van der Waals surface area (Å²) in [6.07, 6.45) is 1.75. The van der Waals surface area contributed by atoms with Gasteiger partial charge in [-0.15, -0.1) is 0 Å². The average Bonchev–Trinajstić information content (AvgIpc) is 2.94. The van der Waals surface area contributed by atoms with Crippen LogP contribution in [0.15, 0.2) is 41.5 Å². The highest BCUT2D eigenvalue weighted by atomic mass is 127. The molecule has 26 heavy (non-hydrogen) atoms. The Kier molecular flexibility index (Phi) is 4.36. The number of nitrogens with zero attached hydrogens (tertiary/aromatic N) is 3. The fourth-order valence-corrected chi connectivity index (χ4v) is 4.21. The largest absolute Gasteiger partial charge is 0.505 e. The standard InChI is InChI=1S/C18H13ClIN3O3/c19-11-8-12(20)17(25)16-15(11)18(26)22(9-21-16)5-6-23-13-4-2-1-3-10(13)7-14(23)24/h1-4,8-9,25H,5-7H2. The molecule has 1 aromatic heterocycles. The lowest BCUT2D eigenvalue weighted by Gasteiger charge is -2.18. The number of aromatic hydroxyl groups is 1. The Morgan fingerprint density at radius 1 is 1.23 bits per heavy atom. The first-order chi connectivity index (χ1) is 12.5. The van der Waals surface area contributed by atoms with Gasteiger partial charge in [0.1, 0.15) is 5.52 Å². The molecule has 0 atom stereocenters. The highest BCUT2D eigenvalue weighted by Crippen LogP contribution is 2.32. The van der Waals surface area contributed by atoms with Gasteiger partial charge in [-0.05, 0) is 40.3 Å². The quantitative estimate of drug-likeness (QED) is 0.584. The molecule has 8 heteroatoms. The van der Waals surface area contributed by atoms with E-state index in [1.807, 2.05) is 46.9 Å². The molecule has 0 saturated carbocycles. The third-order valence-electron chi connectivity index (χ3n) is 4.47. The molecule has 132 valence electrons. The van der Waals surface area contributed by atoms with E-state index in [1.165, 1.54) is 17.0 Å². The van der Waals surface area contributed by atoms with E-state index in [4.69, 9.17) is 11.6 Å². The van der Waals surface area contributed by atoms with Crippen LogP contribution < -0.4 is 10.5 Å². The van der Waals surface area contributed by atoms with Crippen molar-refractivity contribution in [3.05, 3.63) is 61.2 Å². The van der Waals surface area contributed by atoms with Crippen molar-refractivity contribution in [2.45, 2.75) is 13.0 Å². The van der Waals surface area contributed by atoms with Crippen molar-refractivity contribution in [2.75, 3.05) is 11.4 Å². The van der Waals surface area contributed by atoms with Gasteiger partial charge in [-0.3, -0.25) is 14.2 Å². The van der Waals surface area contributed by atoms with Gasteiger partial charge in [0.15, 0.2) is 5.75 Å². The van der Waals surface area contributed by atoms with Crippen molar-refractivity contribution in [1.29, 1.82) is 0 Å². The van der Waals surface area contributed by atoms with E-state index in [2.05, 4.69) is 4.98 Å². The predicted octanol–water partition coefficient (Wildman–Crippen LogP) is 2.95. The molecule has 6 nitrogen and oxygen atoms in total. The van der Waals surface area contributed by atoms with Crippen molar-refractivity contribution in [3.63, 3.8) is 0 Å². The van der Waals surface area contributed by atoms with Gasteiger partial charge < -0.3 is 10.0 Å². The highest BCUT2D eigenvalue weighted by molar-refractivity contribution is 14.1. The van der Waals surface area contributed by atoms with Gasteiger partial charge in [-0.1, -0.05) is 29.8 Å². The number of para-hydroxylation sites is 1. The number of phenolic OH excluding ortho intramolecular Hbond substituents is 1. The topological polar surface area (TPSA) is 75.4 Å². The summed E-state index contributed by atoms with van der Waals surface area (Å²) in [6, 6.07) is 9.16. The molecular weight excluding hydrogens is 469 g/mol. The molecule has 1 amide bonds. The Balaban J connectivity index is 1.68. The molecule has 2 aromatic carbocycles. The maximum Gasteiger partial charge on any atom is 0.262 e. The minimum Gasteiger partial charge on any atom is -0.505 e. The van der Waals surface area contributed by atoms with Crippen LogP contribution in [0.1, 0.15) is 5.56 Å². The van der Waals surface area contributed by atoms with Crippen molar-refractivity contribution in [3.8, 4) is 5.75 Å². The van der Waals surface area contributed by atoms with Crippen LogP contribution in [0.2, 0.25) is 5.02 Å². The van der Waals surface area contributed by atoms with Gasteiger partial charge >= 0.3 is 0 Å². The second kappa shape index (κ2) is 6.55. The Morgan fingerprint density at radius 3 is 2.81 bits per heavy atom. The molecule has 0 aliphatic carbocycles. The van der Waals surface area contributed by atoms with Gasteiger partial charge in [0.25, 0.3) is 5.56 Å². The van der Waals surface area contributed by atoms with Gasteiger partial charge in [-0.2, -0.15) is 0 Å². The fraction of sp³-hybridized carbons (Fsp3) is 0.167. The average molecular weight is 482 g/mol. The molecule has 1 N–H and O–H groups in total. The van der Waals surface area contributed by atoms with E-state index in [0.717, 1.165) is 11.3 Å². The lowest BCUT2D eigenvalue weighted by atomic mass is 10.2. The zero-order valence-electron chi connectivity index (χ0n) is 13.4. The summed E-state index contributed by atoms with van der Waals surface area (Å²) in [6.45, 7) is 0.641. The second-order valence-corrected chi connectivity index (χ2v) is 7.58. The van der Waals surface area contributed by atoms with Crippen molar-refractivity contribution in [1.82, 2.24) is 9.55 Å². The highest BCUT2D eigenvalue weighted by Gasteiger charge is 2.26. The molecule has 0 bridgehead atoms. The van der Waals surface area contributed by atoms with Gasteiger partial charge in [-0.25, -0.2) is 4.98 Å². The van der Waals surface area contributed by atoms with Crippen LogP contribution in [0.25, 0.3) is 10.9 Å². The lowest BCUT2D eigenvalue weighted by molar-refractivity contribution is -0.117. The van der Waals surface area contributed by atoms with Crippen LogP contribution >= 0.6 is 34.2 Å². The predicted molar refractivity (Wildman–Crippen MR) is 108 cm³/mol. The van der Waals surface area contributed by atoms with Crippen molar-refractivity contribution >= 4 is 56.7 Å². The molecule has 0 spiro atoms. The Morgan fingerprint density at radius 2 is 2.00 bits per heavy atom.